The first kappa shape index (κ1) is 14.0. The summed E-state index contributed by atoms with van der Waals surface area (Å²) >= 11 is 12.3. The molecular formula is C12H20Cl2N2. The topological polar surface area (TPSA) is 24.7 Å². The SMILES string of the molecule is CCCCC1N=C(Cl)C(CCCC)N=C1Cl. The molecule has 0 saturated carbocycles. The number of unbranched alkanes of at least 4 members (excludes halogenated alkanes) is 2. The molecular weight excluding hydrogens is 243 g/mol. The number of halogens is 2. The summed E-state index contributed by atoms with van der Waals surface area (Å²) in [6.45, 7) is 4.31. The van der Waals surface area contributed by atoms with Crippen molar-refractivity contribution >= 4 is 33.5 Å². The Labute approximate surface area is 108 Å². The molecule has 2 unspecified atom stereocenters. The molecule has 0 radical (unpaired) electrons. The molecule has 0 N–H and O–H groups in total. The second-order valence-electron chi connectivity index (χ2n) is 4.22. The van der Waals surface area contributed by atoms with Gasteiger partial charge in [0.05, 0.1) is 0 Å². The summed E-state index contributed by atoms with van der Waals surface area (Å²) in [7, 11) is 0. The molecule has 0 spiro atoms. The largest absolute Gasteiger partial charge is 0.265 e. The van der Waals surface area contributed by atoms with Gasteiger partial charge in [0.1, 0.15) is 22.4 Å². The Morgan fingerprint density at radius 1 is 0.875 bits per heavy atom. The zero-order chi connectivity index (χ0) is 12.0. The zero-order valence-corrected chi connectivity index (χ0v) is 11.6. The van der Waals surface area contributed by atoms with Crippen LogP contribution in [0.25, 0.3) is 0 Å². The molecule has 0 amide bonds. The normalized spacial score (nSPS) is 25.2. The molecule has 2 atom stereocenters. The van der Waals surface area contributed by atoms with Crippen LogP contribution in [0.3, 0.4) is 0 Å². The second-order valence-corrected chi connectivity index (χ2v) is 4.99. The third-order valence-corrected chi connectivity index (χ3v) is 3.47. The molecule has 0 aromatic rings. The predicted molar refractivity (Wildman–Crippen MR) is 73.2 cm³/mol. The first-order chi connectivity index (χ1) is 7.69. The molecule has 0 fully saturated rings. The van der Waals surface area contributed by atoms with Crippen LogP contribution in [0, 0.1) is 0 Å². The highest BCUT2D eigenvalue weighted by molar-refractivity contribution is 6.70. The lowest BCUT2D eigenvalue weighted by Gasteiger charge is -2.21. The van der Waals surface area contributed by atoms with E-state index in [1.54, 1.807) is 0 Å². The summed E-state index contributed by atoms with van der Waals surface area (Å²) in [6.07, 6.45) is 6.43. The lowest BCUT2D eigenvalue weighted by molar-refractivity contribution is 0.639. The highest BCUT2D eigenvalue weighted by Gasteiger charge is 2.24. The van der Waals surface area contributed by atoms with E-state index in [4.69, 9.17) is 23.2 Å². The van der Waals surface area contributed by atoms with E-state index in [1.165, 1.54) is 0 Å². The smallest absolute Gasteiger partial charge is 0.126 e. The molecule has 0 aromatic heterocycles. The Hall–Kier alpha value is -0.0800. The Morgan fingerprint density at radius 2 is 1.25 bits per heavy atom. The lowest BCUT2D eigenvalue weighted by Crippen LogP contribution is -2.27. The van der Waals surface area contributed by atoms with Gasteiger partial charge in [-0.25, -0.2) is 0 Å². The fraction of sp³-hybridized carbons (Fsp3) is 0.833. The maximum absolute atomic E-state index is 6.14. The van der Waals surface area contributed by atoms with E-state index in [9.17, 15) is 0 Å². The van der Waals surface area contributed by atoms with Crippen molar-refractivity contribution in [3.05, 3.63) is 0 Å². The Kier molecular flexibility index (Phi) is 6.37. The van der Waals surface area contributed by atoms with Crippen LogP contribution in [0.5, 0.6) is 0 Å². The van der Waals surface area contributed by atoms with Crippen molar-refractivity contribution in [2.45, 2.75) is 64.5 Å². The van der Waals surface area contributed by atoms with Gasteiger partial charge < -0.3 is 0 Å². The summed E-state index contributed by atoms with van der Waals surface area (Å²) in [4.78, 5) is 8.91. The van der Waals surface area contributed by atoms with Gasteiger partial charge >= 0.3 is 0 Å². The first-order valence-corrected chi connectivity index (χ1v) is 6.91. The Bertz CT molecular complexity index is 246. The number of rotatable bonds is 6. The van der Waals surface area contributed by atoms with Crippen molar-refractivity contribution in [1.29, 1.82) is 0 Å². The van der Waals surface area contributed by atoms with Crippen LogP contribution in [0.4, 0.5) is 0 Å². The third kappa shape index (κ3) is 4.06. The lowest BCUT2D eigenvalue weighted by atomic mass is 10.1. The second kappa shape index (κ2) is 7.29. The van der Waals surface area contributed by atoms with Crippen molar-refractivity contribution in [2.24, 2.45) is 9.98 Å². The standard InChI is InChI=1S/C12H20Cl2N2/c1-3-5-7-9-11(13)16-10(8-6-4-2)12(14)15-9/h9-10H,3-8H2,1-2H3. The molecule has 0 aliphatic carbocycles. The molecule has 0 aromatic carbocycles. The van der Waals surface area contributed by atoms with E-state index in [-0.39, 0.29) is 12.1 Å². The third-order valence-electron chi connectivity index (χ3n) is 2.77. The van der Waals surface area contributed by atoms with Crippen molar-refractivity contribution < 1.29 is 0 Å². The molecule has 0 saturated heterocycles. The van der Waals surface area contributed by atoms with Crippen LogP contribution in [-0.2, 0) is 0 Å². The molecule has 1 rings (SSSR count). The molecule has 16 heavy (non-hydrogen) atoms. The van der Waals surface area contributed by atoms with E-state index >= 15 is 0 Å². The molecule has 4 heteroatoms. The summed E-state index contributed by atoms with van der Waals surface area (Å²) < 4.78 is 0. The van der Waals surface area contributed by atoms with Crippen molar-refractivity contribution in [3.63, 3.8) is 0 Å². The Balaban J connectivity index is 2.56. The zero-order valence-electron chi connectivity index (χ0n) is 10.0. The molecule has 1 aliphatic rings. The van der Waals surface area contributed by atoms with Gasteiger partial charge in [-0.2, -0.15) is 0 Å². The van der Waals surface area contributed by atoms with Gasteiger partial charge in [0.25, 0.3) is 0 Å². The van der Waals surface area contributed by atoms with Gasteiger partial charge in [-0.3, -0.25) is 9.98 Å². The van der Waals surface area contributed by atoms with Gasteiger partial charge in [0.2, 0.25) is 0 Å². The Morgan fingerprint density at radius 3 is 1.56 bits per heavy atom. The minimum atomic E-state index is 0.00648. The number of aliphatic imine (C=N–C) groups is 2. The predicted octanol–water partition coefficient (Wildman–Crippen LogP) is 4.39. The summed E-state index contributed by atoms with van der Waals surface area (Å²) in [5.74, 6) is 0. The van der Waals surface area contributed by atoms with Gasteiger partial charge in [0, 0.05) is 0 Å². The van der Waals surface area contributed by atoms with Gasteiger partial charge in [-0.1, -0.05) is 62.7 Å². The van der Waals surface area contributed by atoms with Gasteiger partial charge in [-0.15, -0.1) is 0 Å². The van der Waals surface area contributed by atoms with Gasteiger partial charge in [0.15, 0.2) is 0 Å². The van der Waals surface area contributed by atoms with Crippen LogP contribution in [0.15, 0.2) is 9.98 Å². The van der Waals surface area contributed by atoms with E-state index in [0.717, 1.165) is 38.5 Å². The quantitative estimate of drug-likeness (QED) is 0.679. The van der Waals surface area contributed by atoms with Crippen LogP contribution < -0.4 is 0 Å². The van der Waals surface area contributed by atoms with E-state index in [0.29, 0.717) is 10.3 Å². The summed E-state index contributed by atoms with van der Waals surface area (Å²) in [5.41, 5.74) is 0. The van der Waals surface area contributed by atoms with Crippen LogP contribution >= 0.6 is 23.2 Å². The fourth-order valence-electron chi connectivity index (χ4n) is 1.74. The van der Waals surface area contributed by atoms with Crippen molar-refractivity contribution in [2.75, 3.05) is 0 Å². The van der Waals surface area contributed by atoms with Gasteiger partial charge in [-0.05, 0) is 12.8 Å². The van der Waals surface area contributed by atoms with Crippen molar-refractivity contribution in [3.8, 4) is 0 Å². The average Bonchev–Trinajstić information content (AvgIpc) is 2.28. The summed E-state index contributed by atoms with van der Waals surface area (Å²) in [6, 6.07) is 0.0130. The van der Waals surface area contributed by atoms with E-state index in [2.05, 4.69) is 23.8 Å². The molecule has 1 heterocycles. The maximum Gasteiger partial charge on any atom is 0.126 e. The number of hydrogen-bond acceptors (Lipinski definition) is 2. The van der Waals surface area contributed by atoms with Crippen LogP contribution in [0.1, 0.15) is 52.4 Å². The van der Waals surface area contributed by atoms with Crippen molar-refractivity contribution in [1.82, 2.24) is 0 Å². The minimum absolute atomic E-state index is 0.00648. The minimum Gasteiger partial charge on any atom is -0.265 e. The van der Waals surface area contributed by atoms with Crippen LogP contribution in [0.2, 0.25) is 0 Å². The molecule has 1 aliphatic heterocycles. The monoisotopic (exact) mass is 262 g/mol. The number of hydrogen-bond donors (Lipinski definition) is 0. The molecule has 0 bridgehead atoms. The summed E-state index contributed by atoms with van der Waals surface area (Å²) in [5, 5.41) is 1.28. The first-order valence-electron chi connectivity index (χ1n) is 6.15. The molecule has 92 valence electrons. The number of nitrogens with zero attached hydrogens (tertiary/aromatic N) is 2. The maximum atomic E-state index is 6.14. The highest BCUT2D eigenvalue weighted by atomic mass is 35.5. The van der Waals surface area contributed by atoms with Crippen LogP contribution in [-0.4, -0.2) is 22.4 Å². The highest BCUT2D eigenvalue weighted by Crippen LogP contribution is 2.21. The average molecular weight is 263 g/mol. The fourth-order valence-corrected chi connectivity index (χ4v) is 2.29. The molecule has 2 nitrogen and oxygen atoms in total. The van der Waals surface area contributed by atoms with E-state index in [1.807, 2.05) is 0 Å². The van der Waals surface area contributed by atoms with E-state index < -0.39 is 0 Å².